The molecule has 2 aromatic carbocycles. The molecule has 0 unspecified atom stereocenters. The third kappa shape index (κ3) is 2.69. The molecule has 0 aliphatic carbocycles. The summed E-state index contributed by atoms with van der Waals surface area (Å²) in [7, 11) is 0. The Morgan fingerprint density at radius 1 is 1.04 bits per heavy atom. The second-order valence-corrected chi connectivity index (χ2v) is 5.89. The molecule has 0 saturated heterocycles. The van der Waals surface area contributed by atoms with Gasteiger partial charge in [0.05, 0.1) is 10.2 Å². The molecule has 2 aromatic heterocycles. The van der Waals surface area contributed by atoms with Gasteiger partial charge in [-0.25, -0.2) is 4.98 Å². The van der Waals surface area contributed by atoms with Crippen molar-refractivity contribution >= 4 is 32.6 Å². The molecular formula is C16H11N5OS. The Hall–Kier alpha value is -3.06. The van der Waals surface area contributed by atoms with E-state index < -0.39 is 0 Å². The summed E-state index contributed by atoms with van der Waals surface area (Å²) >= 11 is 1.43. The van der Waals surface area contributed by atoms with Crippen LogP contribution in [0.1, 0.15) is 10.4 Å². The van der Waals surface area contributed by atoms with Gasteiger partial charge < -0.3 is 0 Å². The normalized spacial score (nSPS) is 10.8. The summed E-state index contributed by atoms with van der Waals surface area (Å²) in [5.74, 6) is -0.163. The van der Waals surface area contributed by atoms with Crippen LogP contribution in [0.15, 0.2) is 61.2 Å². The van der Waals surface area contributed by atoms with Crippen molar-refractivity contribution < 1.29 is 4.79 Å². The first-order chi connectivity index (χ1) is 11.3. The van der Waals surface area contributed by atoms with Crippen molar-refractivity contribution in [2.45, 2.75) is 0 Å². The second kappa shape index (κ2) is 5.62. The van der Waals surface area contributed by atoms with E-state index in [-0.39, 0.29) is 5.91 Å². The fourth-order valence-corrected chi connectivity index (χ4v) is 3.11. The van der Waals surface area contributed by atoms with Crippen LogP contribution in [0.3, 0.4) is 0 Å². The molecule has 7 heteroatoms. The number of carbonyl (C=O) groups is 1. The molecule has 0 radical (unpaired) electrons. The van der Waals surface area contributed by atoms with Crippen LogP contribution in [0, 0.1) is 0 Å². The number of carbonyl (C=O) groups excluding carboxylic acids is 1. The van der Waals surface area contributed by atoms with Gasteiger partial charge in [-0.1, -0.05) is 29.5 Å². The van der Waals surface area contributed by atoms with Crippen molar-refractivity contribution in [3.63, 3.8) is 0 Å². The van der Waals surface area contributed by atoms with E-state index in [0.717, 1.165) is 15.9 Å². The fraction of sp³-hybridized carbons (Fsp3) is 0. The Bertz CT molecular complexity index is 963. The number of amides is 1. The Balaban J connectivity index is 1.63. The van der Waals surface area contributed by atoms with Crippen LogP contribution in [0.5, 0.6) is 0 Å². The van der Waals surface area contributed by atoms with Crippen LogP contribution < -0.4 is 5.32 Å². The smallest absolute Gasteiger partial charge is 0.257 e. The standard InChI is InChI=1S/C16H11N5OS/c22-15(11-4-2-1-3-5-11)20-16-19-13-7-6-12(8-14(13)23-16)21-9-17-18-10-21/h1-10H,(H,19,20,22). The highest BCUT2D eigenvalue weighted by molar-refractivity contribution is 7.22. The molecule has 6 nitrogen and oxygen atoms in total. The topological polar surface area (TPSA) is 72.7 Å². The van der Waals surface area contributed by atoms with Crippen LogP contribution in [0.2, 0.25) is 0 Å². The number of rotatable bonds is 3. The molecule has 0 atom stereocenters. The molecule has 0 aliphatic rings. The highest BCUT2D eigenvalue weighted by atomic mass is 32.1. The van der Waals surface area contributed by atoms with Gasteiger partial charge in [-0.3, -0.25) is 14.7 Å². The maximum absolute atomic E-state index is 12.2. The molecule has 1 N–H and O–H groups in total. The molecule has 4 rings (SSSR count). The van der Waals surface area contributed by atoms with E-state index in [2.05, 4.69) is 20.5 Å². The molecule has 0 bridgehead atoms. The Morgan fingerprint density at radius 3 is 2.61 bits per heavy atom. The minimum atomic E-state index is -0.163. The van der Waals surface area contributed by atoms with Crippen molar-refractivity contribution in [3.8, 4) is 5.69 Å². The van der Waals surface area contributed by atoms with Crippen LogP contribution in [-0.2, 0) is 0 Å². The van der Waals surface area contributed by atoms with Crippen molar-refractivity contribution in [3.05, 3.63) is 66.7 Å². The molecule has 112 valence electrons. The summed E-state index contributed by atoms with van der Waals surface area (Å²) in [6, 6.07) is 14.9. The monoisotopic (exact) mass is 321 g/mol. The molecule has 0 spiro atoms. The Morgan fingerprint density at radius 2 is 1.83 bits per heavy atom. The van der Waals surface area contributed by atoms with Crippen molar-refractivity contribution in [1.29, 1.82) is 0 Å². The second-order valence-electron chi connectivity index (χ2n) is 4.86. The van der Waals surface area contributed by atoms with E-state index in [1.54, 1.807) is 24.8 Å². The van der Waals surface area contributed by atoms with E-state index in [9.17, 15) is 4.79 Å². The highest BCUT2D eigenvalue weighted by Gasteiger charge is 2.10. The predicted molar refractivity (Wildman–Crippen MR) is 88.9 cm³/mol. The third-order valence-electron chi connectivity index (χ3n) is 3.35. The fourth-order valence-electron chi connectivity index (χ4n) is 2.22. The van der Waals surface area contributed by atoms with E-state index >= 15 is 0 Å². The molecule has 4 aromatic rings. The van der Waals surface area contributed by atoms with Crippen molar-refractivity contribution in [2.24, 2.45) is 0 Å². The average Bonchev–Trinajstić information content (AvgIpc) is 3.24. The number of aromatic nitrogens is 4. The van der Waals surface area contributed by atoms with Gasteiger partial charge in [0.15, 0.2) is 5.13 Å². The third-order valence-corrected chi connectivity index (χ3v) is 4.28. The molecule has 23 heavy (non-hydrogen) atoms. The Labute approximate surface area is 135 Å². The zero-order valence-electron chi connectivity index (χ0n) is 11.9. The zero-order valence-corrected chi connectivity index (χ0v) is 12.7. The van der Waals surface area contributed by atoms with E-state index in [4.69, 9.17) is 0 Å². The number of hydrogen-bond donors (Lipinski definition) is 1. The van der Waals surface area contributed by atoms with Crippen molar-refractivity contribution in [1.82, 2.24) is 19.7 Å². The molecule has 0 fully saturated rings. The lowest BCUT2D eigenvalue weighted by Crippen LogP contribution is -2.11. The first-order valence-corrected chi connectivity index (χ1v) is 7.73. The molecule has 1 amide bonds. The lowest BCUT2D eigenvalue weighted by Gasteiger charge is -2.00. The first kappa shape index (κ1) is 13.6. The lowest BCUT2D eigenvalue weighted by molar-refractivity contribution is 0.102. The molecule has 0 aliphatic heterocycles. The largest absolute Gasteiger partial charge is 0.298 e. The van der Waals surface area contributed by atoms with Gasteiger partial charge in [0, 0.05) is 11.3 Å². The number of fused-ring (bicyclic) bond motifs is 1. The summed E-state index contributed by atoms with van der Waals surface area (Å²) in [5, 5.41) is 11.0. The average molecular weight is 321 g/mol. The van der Waals surface area contributed by atoms with Crippen LogP contribution in [0.4, 0.5) is 5.13 Å². The maximum Gasteiger partial charge on any atom is 0.257 e. The zero-order chi connectivity index (χ0) is 15.6. The van der Waals surface area contributed by atoms with Crippen LogP contribution in [0.25, 0.3) is 15.9 Å². The van der Waals surface area contributed by atoms with Gasteiger partial charge in [0.2, 0.25) is 0 Å². The SMILES string of the molecule is O=C(Nc1nc2ccc(-n3cnnc3)cc2s1)c1ccccc1. The number of anilines is 1. The van der Waals surface area contributed by atoms with E-state index in [1.807, 2.05) is 41.0 Å². The van der Waals surface area contributed by atoms with E-state index in [1.165, 1.54) is 11.3 Å². The maximum atomic E-state index is 12.2. The minimum Gasteiger partial charge on any atom is -0.298 e. The van der Waals surface area contributed by atoms with Gasteiger partial charge in [-0.2, -0.15) is 0 Å². The number of thiazole rings is 1. The quantitative estimate of drug-likeness (QED) is 0.629. The summed E-state index contributed by atoms with van der Waals surface area (Å²) < 4.78 is 2.81. The number of nitrogens with zero attached hydrogens (tertiary/aromatic N) is 4. The highest BCUT2D eigenvalue weighted by Crippen LogP contribution is 2.28. The van der Waals surface area contributed by atoms with Crippen LogP contribution in [-0.4, -0.2) is 25.7 Å². The Kier molecular flexibility index (Phi) is 3.32. The van der Waals surface area contributed by atoms with Gasteiger partial charge >= 0.3 is 0 Å². The van der Waals surface area contributed by atoms with Crippen LogP contribution >= 0.6 is 11.3 Å². The minimum absolute atomic E-state index is 0.163. The molecular weight excluding hydrogens is 310 g/mol. The van der Waals surface area contributed by atoms with Gasteiger partial charge in [-0.05, 0) is 30.3 Å². The van der Waals surface area contributed by atoms with Crippen molar-refractivity contribution in [2.75, 3.05) is 5.32 Å². The van der Waals surface area contributed by atoms with Gasteiger partial charge in [0.25, 0.3) is 5.91 Å². The van der Waals surface area contributed by atoms with E-state index in [0.29, 0.717) is 10.7 Å². The summed E-state index contributed by atoms with van der Waals surface area (Å²) in [6.45, 7) is 0. The number of benzene rings is 2. The van der Waals surface area contributed by atoms with Gasteiger partial charge in [-0.15, -0.1) is 10.2 Å². The first-order valence-electron chi connectivity index (χ1n) is 6.91. The number of nitrogens with one attached hydrogen (secondary N) is 1. The molecule has 2 heterocycles. The summed E-state index contributed by atoms with van der Waals surface area (Å²) in [5.41, 5.74) is 2.40. The summed E-state index contributed by atoms with van der Waals surface area (Å²) in [6.07, 6.45) is 3.28. The van der Waals surface area contributed by atoms with Gasteiger partial charge in [0.1, 0.15) is 12.7 Å². The lowest BCUT2D eigenvalue weighted by atomic mass is 10.2. The predicted octanol–water partition coefficient (Wildman–Crippen LogP) is 3.13. The number of hydrogen-bond acceptors (Lipinski definition) is 5. The molecule has 0 saturated carbocycles. The summed E-state index contributed by atoms with van der Waals surface area (Å²) in [4.78, 5) is 16.6.